The summed E-state index contributed by atoms with van der Waals surface area (Å²) in [6, 6.07) is 4.04. The summed E-state index contributed by atoms with van der Waals surface area (Å²) in [4.78, 5) is 11.2. The molecule has 0 fully saturated rings. The zero-order valence-electron chi connectivity index (χ0n) is 8.42. The predicted molar refractivity (Wildman–Crippen MR) is 56.1 cm³/mol. The summed E-state index contributed by atoms with van der Waals surface area (Å²) < 4.78 is 0. The molecule has 0 aromatic heterocycles. The van der Waals surface area contributed by atoms with Gasteiger partial charge in [0, 0.05) is 11.7 Å². The second kappa shape index (κ2) is 3.10. The first kappa shape index (κ1) is 9.21. The first-order valence-corrected chi connectivity index (χ1v) is 4.77. The van der Waals surface area contributed by atoms with Crippen molar-refractivity contribution in [2.75, 3.05) is 5.32 Å². The molecule has 3 heteroatoms. The summed E-state index contributed by atoms with van der Waals surface area (Å²) in [5.41, 5.74) is 10.0. The van der Waals surface area contributed by atoms with Crippen LogP contribution in [0.3, 0.4) is 0 Å². The number of nitrogens with one attached hydrogen (secondary N) is 1. The Hall–Kier alpha value is -1.35. The Bertz CT molecular complexity index is 397. The Morgan fingerprint density at radius 3 is 2.86 bits per heavy atom. The number of aryl methyl sites for hydroxylation is 1. The standard InChI is InChI=1S/C11H14N2O/c1-6-3-8-5-10(14)13-11(8)9(4-6)7(2)12/h3-4,7H,5,12H2,1-2H3,(H,13,14). The van der Waals surface area contributed by atoms with E-state index in [1.807, 2.05) is 26.0 Å². The van der Waals surface area contributed by atoms with E-state index >= 15 is 0 Å². The zero-order chi connectivity index (χ0) is 10.3. The minimum atomic E-state index is -0.0398. The molecule has 2 rings (SSSR count). The van der Waals surface area contributed by atoms with E-state index < -0.39 is 0 Å². The molecular formula is C11H14N2O. The highest BCUT2D eigenvalue weighted by Crippen LogP contribution is 2.31. The van der Waals surface area contributed by atoms with Crippen molar-refractivity contribution in [2.24, 2.45) is 5.73 Å². The van der Waals surface area contributed by atoms with Gasteiger partial charge in [0.15, 0.2) is 0 Å². The number of amides is 1. The van der Waals surface area contributed by atoms with Crippen molar-refractivity contribution in [1.29, 1.82) is 0 Å². The third kappa shape index (κ3) is 1.40. The molecule has 0 radical (unpaired) electrons. The number of hydrogen-bond donors (Lipinski definition) is 2. The quantitative estimate of drug-likeness (QED) is 0.705. The predicted octanol–water partition coefficient (Wildman–Crippen LogP) is 1.51. The largest absolute Gasteiger partial charge is 0.325 e. The van der Waals surface area contributed by atoms with Gasteiger partial charge in [0.05, 0.1) is 6.42 Å². The van der Waals surface area contributed by atoms with Gasteiger partial charge in [-0.25, -0.2) is 0 Å². The molecule has 1 aromatic carbocycles. The van der Waals surface area contributed by atoms with Crippen LogP contribution >= 0.6 is 0 Å². The van der Waals surface area contributed by atoms with E-state index in [9.17, 15) is 4.79 Å². The van der Waals surface area contributed by atoms with E-state index in [1.54, 1.807) is 0 Å². The van der Waals surface area contributed by atoms with Crippen LogP contribution in [-0.4, -0.2) is 5.91 Å². The molecule has 0 saturated heterocycles. The average molecular weight is 190 g/mol. The monoisotopic (exact) mass is 190 g/mol. The molecule has 0 aliphatic carbocycles. The van der Waals surface area contributed by atoms with E-state index in [0.29, 0.717) is 6.42 Å². The van der Waals surface area contributed by atoms with Crippen molar-refractivity contribution in [3.8, 4) is 0 Å². The van der Waals surface area contributed by atoms with Gasteiger partial charge >= 0.3 is 0 Å². The maximum absolute atomic E-state index is 11.2. The molecule has 3 N–H and O–H groups in total. The second-order valence-corrected chi connectivity index (χ2v) is 3.90. The minimum absolute atomic E-state index is 0.0398. The van der Waals surface area contributed by atoms with Crippen LogP contribution in [0.15, 0.2) is 12.1 Å². The Labute approximate surface area is 83.3 Å². The summed E-state index contributed by atoms with van der Waals surface area (Å²) in [5, 5.41) is 2.86. The maximum Gasteiger partial charge on any atom is 0.228 e. The number of fused-ring (bicyclic) bond motifs is 1. The van der Waals surface area contributed by atoms with E-state index in [4.69, 9.17) is 5.73 Å². The van der Waals surface area contributed by atoms with Crippen LogP contribution in [0.2, 0.25) is 0 Å². The SMILES string of the molecule is Cc1cc2c(c(C(C)N)c1)NC(=O)C2. The molecule has 74 valence electrons. The van der Waals surface area contributed by atoms with Crippen LogP contribution in [0.4, 0.5) is 5.69 Å². The summed E-state index contributed by atoms with van der Waals surface area (Å²) in [5.74, 6) is 0.0625. The van der Waals surface area contributed by atoms with Crippen molar-refractivity contribution >= 4 is 11.6 Å². The van der Waals surface area contributed by atoms with Crippen LogP contribution in [0, 0.1) is 6.92 Å². The van der Waals surface area contributed by atoms with Gasteiger partial charge in [-0.3, -0.25) is 4.79 Å². The van der Waals surface area contributed by atoms with Crippen molar-refractivity contribution in [3.63, 3.8) is 0 Å². The van der Waals surface area contributed by atoms with Crippen molar-refractivity contribution in [2.45, 2.75) is 26.3 Å². The summed E-state index contributed by atoms with van der Waals surface area (Å²) in [6.07, 6.45) is 0.483. The van der Waals surface area contributed by atoms with Crippen LogP contribution in [-0.2, 0) is 11.2 Å². The van der Waals surface area contributed by atoms with Crippen molar-refractivity contribution in [3.05, 3.63) is 28.8 Å². The van der Waals surface area contributed by atoms with E-state index in [0.717, 1.165) is 22.4 Å². The van der Waals surface area contributed by atoms with E-state index in [1.165, 1.54) is 0 Å². The number of rotatable bonds is 1. The molecule has 1 atom stereocenters. The van der Waals surface area contributed by atoms with Gasteiger partial charge in [0.1, 0.15) is 0 Å². The maximum atomic E-state index is 11.2. The Morgan fingerprint density at radius 1 is 1.50 bits per heavy atom. The molecular weight excluding hydrogens is 176 g/mol. The lowest BCUT2D eigenvalue weighted by Crippen LogP contribution is -2.10. The fourth-order valence-corrected chi connectivity index (χ4v) is 1.90. The van der Waals surface area contributed by atoms with Crippen molar-refractivity contribution < 1.29 is 4.79 Å². The topological polar surface area (TPSA) is 55.1 Å². The molecule has 1 unspecified atom stereocenters. The highest BCUT2D eigenvalue weighted by molar-refractivity contribution is 6.00. The normalized spacial score (nSPS) is 16.4. The smallest absolute Gasteiger partial charge is 0.228 e. The lowest BCUT2D eigenvalue weighted by atomic mass is 9.99. The number of nitrogens with two attached hydrogens (primary N) is 1. The van der Waals surface area contributed by atoms with Gasteiger partial charge in [-0.05, 0) is 25.0 Å². The van der Waals surface area contributed by atoms with Crippen LogP contribution in [0.5, 0.6) is 0 Å². The lowest BCUT2D eigenvalue weighted by molar-refractivity contribution is -0.115. The number of carbonyl (C=O) groups excluding carboxylic acids is 1. The highest BCUT2D eigenvalue weighted by Gasteiger charge is 2.22. The molecule has 1 aliphatic rings. The van der Waals surface area contributed by atoms with Gasteiger partial charge in [0.2, 0.25) is 5.91 Å². The molecule has 1 heterocycles. The third-order valence-corrected chi connectivity index (χ3v) is 2.50. The highest BCUT2D eigenvalue weighted by atomic mass is 16.1. The molecule has 0 saturated carbocycles. The van der Waals surface area contributed by atoms with Crippen LogP contribution in [0.1, 0.15) is 29.7 Å². The molecule has 0 spiro atoms. The molecule has 1 aliphatic heterocycles. The Morgan fingerprint density at radius 2 is 2.21 bits per heavy atom. The first-order valence-electron chi connectivity index (χ1n) is 4.77. The molecule has 14 heavy (non-hydrogen) atoms. The number of anilines is 1. The molecule has 1 amide bonds. The van der Waals surface area contributed by atoms with Crippen LogP contribution < -0.4 is 11.1 Å². The fraction of sp³-hybridized carbons (Fsp3) is 0.364. The Kier molecular flexibility index (Phi) is 2.04. The molecule has 1 aromatic rings. The Balaban J connectivity index is 2.57. The van der Waals surface area contributed by atoms with Gasteiger partial charge in [-0.2, -0.15) is 0 Å². The van der Waals surface area contributed by atoms with Crippen molar-refractivity contribution in [1.82, 2.24) is 0 Å². The molecule has 0 bridgehead atoms. The number of carbonyl (C=O) groups is 1. The van der Waals surface area contributed by atoms with Crippen LogP contribution in [0.25, 0.3) is 0 Å². The number of benzene rings is 1. The first-order chi connectivity index (χ1) is 6.58. The number of hydrogen-bond acceptors (Lipinski definition) is 2. The van der Waals surface area contributed by atoms with Gasteiger partial charge in [0.25, 0.3) is 0 Å². The molecule has 3 nitrogen and oxygen atoms in total. The van der Waals surface area contributed by atoms with Gasteiger partial charge in [-0.15, -0.1) is 0 Å². The fourth-order valence-electron chi connectivity index (χ4n) is 1.90. The van der Waals surface area contributed by atoms with Gasteiger partial charge < -0.3 is 11.1 Å². The second-order valence-electron chi connectivity index (χ2n) is 3.90. The van der Waals surface area contributed by atoms with E-state index in [-0.39, 0.29) is 11.9 Å². The van der Waals surface area contributed by atoms with E-state index in [2.05, 4.69) is 5.32 Å². The summed E-state index contributed by atoms with van der Waals surface area (Å²) >= 11 is 0. The summed E-state index contributed by atoms with van der Waals surface area (Å²) in [7, 11) is 0. The lowest BCUT2D eigenvalue weighted by Gasteiger charge is -2.12. The van der Waals surface area contributed by atoms with Gasteiger partial charge in [-0.1, -0.05) is 17.7 Å². The minimum Gasteiger partial charge on any atom is -0.325 e. The average Bonchev–Trinajstić information content (AvgIpc) is 2.42. The summed E-state index contributed by atoms with van der Waals surface area (Å²) in [6.45, 7) is 3.95. The zero-order valence-corrected chi connectivity index (χ0v) is 8.42. The third-order valence-electron chi connectivity index (χ3n) is 2.50.